The minimum absolute atomic E-state index is 0.220. The number of aliphatic imine (C=N–C) groups is 2. The van der Waals surface area contributed by atoms with E-state index in [-0.39, 0.29) is 11.6 Å². The number of fused-ring (bicyclic) bond motifs is 3. The van der Waals surface area contributed by atoms with E-state index in [1.54, 1.807) is 6.07 Å². The number of anilines is 2. The lowest BCUT2D eigenvalue weighted by atomic mass is 9.97. The highest BCUT2D eigenvalue weighted by Gasteiger charge is 2.34. The predicted molar refractivity (Wildman–Crippen MR) is 123 cm³/mol. The molecule has 0 spiro atoms. The smallest absolute Gasteiger partial charge is 0.363 e. The van der Waals surface area contributed by atoms with Crippen LogP contribution in [0.25, 0.3) is 0 Å². The molecule has 1 saturated heterocycles. The van der Waals surface area contributed by atoms with Crippen LogP contribution in [-0.4, -0.2) is 56.0 Å². The van der Waals surface area contributed by atoms with Crippen LogP contribution < -0.4 is 20.4 Å². The van der Waals surface area contributed by atoms with Crippen LogP contribution in [0.3, 0.4) is 0 Å². The first kappa shape index (κ1) is 21.7. The van der Waals surface area contributed by atoms with E-state index >= 15 is 0 Å². The van der Waals surface area contributed by atoms with Gasteiger partial charge in [-0.05, 0) is 37.1 Å². The van der Waals surface area contributed by atoms with Gasteiger partial charge < -0.3 is 20.4 Å². The topological polar surface area (TPSA) is 68.2 Å². The van der Waals surface area contributed by atoms with Crippen molar-refractivity contribution in [3.8, 4) is 0 Å². The average Bonchev–Trinajstić information content (AvgIpc) is 3.27. The Morgan fingerprint density at radius 2 is 1.94 bits per heavy atom. The van der Waals surface area contributed by atoms with Gasteiger partial charge in [0, 0.05) is 38.3 Å². The van der Waals surface area contributed by atoms with Gasteiger partial charge in [0.15, 0.2) is 0 Å². The van der Waals surface area contributed by atoms with Gasteiger partial charge >= 0.3 is 6.18 Å². The number of aromatic nitrogens is 1. The van der Waals surface area contributed by atoms with Gasteiger partial charge in [-0.15, -0.1) is 0 Å². The molecule has 3 aliphatic heterocycles. The lowest BCUT2D eigenvalue weighted by Crippen LogP contribution is -2.44. The van der Waals surface area contributed by atoms with Gasteiger partial charge in [0.1, 0.15) is 11.7 Å². The molecule has 0 radical (unpaired) electrons. The fraction of sp³-hybridized carbons (Fsp3) is 0.435. The van der Waals surface area contributed by atoms with Crippen LogP contribution in [0.4, 0.5) is 24.7 Å². The number of nitrogens with one attached hydrogen (secondary N) is 2. The third-order valence-corrected chi connectivity index (χ3v) is 6.39. The van der Waals surface area contributed by atoms with Gasteiger partial charge in [0.05, 0.1) is 30.0 Å². The summed E-state index contributed by atoms with van der Waals surface area (Å²) in [5.74, 6) is 2.08. The Hall–Kier alpha value is -3.14. The zero-order valence-electron chi connectivity index (χ0n) is 18.6. The molecule has 1 aromatic carbocycles. The molecule has 0 unspecified atom stereocenters. The Labute approximate surface area is 190 Å². The fourth-order valence-corrected chi connectivity index (χ4v) is 4.65. The molecule has 174 valence electrons. The summed E-state index contributed by atoms with van der Waals surface area (Å²) in [4.78, 5) is 18.2. The van der Waals surface area contributed by atoms with E-state index in [0.29, 0.717) is 23.9 Å². The Bertz CT molecular complexity index is 1120. The molecular weight excluding hydrogens is 431 g/mol. The molecule has 33 heavy (non-hydrogen) atoms. The number of pyridine rings is 1. The van der Waals surface area contributed by atoms with Crippen molar-refractivity contribution < 1.29 is 13.2 Å². The number of benzene rings is 1. The Morgan fingerprint density at radius 1 is 1.15 bits per heavy atom. The van der Waals surface area contributed by atoms with E-state index in [9.17, 15) is 13.2 Å². The van der Waals surface area contributed by atoms with Gasteiger partial charge in [0.2, 0.25) is 5.96 Å². The minimum Gasteiger partial charge on any atom is -0.363 e. The highest BCUT2D eigenvalue weighted by atomic mass is 19.4. The summed E-state index contributed by atoms with van der Waals surface area (Å²) in [7, 11) is 0. The van der Waals surface area contributed by atoms with Gasteiger partial charge in [-0.3, -0.25) is 0 Å². The first-order valence-electron chi connectivity index (χ1n) is 11.1. The van der Waals surface area contributed by atoms with Crippen LogP contribution in [0.5, 0.6) is 0 Å². The molecule has 3 aliphatic rings. The van der Waals surface area contributed by atoms with Gasteiger partial charge in [-0.1, -0.05) is 12.1 Å². The first-order valence-corrected chi connectivity index (χ1v) is 11.1. The van der Waals surface area contributed by atoms with Gasteiger partial charge in [-0.25, -0.2) is 9.98 Å². The van der Waals surface area contributed by atoms with Crippen molar-refractivity contribution in [2.75, 3.05) is 49.1 Å². The summed E-state index contributed by atoms with van der Waals surface area (Å²) in [5.41, 5.74) is 1.99. The second-order valence-corrected chi connectivity index (χ2v) is 8.47. The van der Waals surface area contributed by atoms with Crippen molar-refractivity contribution in [1.29, 1.82) is 0 Å². The number of halogens is 3. The van der Waals surface area contributed by atoms with E-state index < -0.39 is 11.7 Å². The highest BCUT2D eigenvalue weighted by Crippen LogP contribution is 2.35. The minimum atomic E-state index is -4.39. The molecule has 10 heteroatoms. The standard InChI is InChI=1S/C23H26F3N7/c1-14-16(4-3-5-18(14)23(24,25)26)15(2)30-21-17-12-20(32-9-6-27-7-10-32)29-13-19(17)33-11-8-28-22(33)31-21/h3-5,12-13,15,27H,6-11H2,1-2H3,(H,28,30,31)/t15-/m1/s1. The van der Waals surface area contributed by atoms with Crippen LogP contribution in [0, 0.1) is 6.92 Å². The lowest BCUT2D eigenvalue weighted by Gasteiger charge is -2.32. The molecule has 0 bridgehead atoms. The summed E-state index contributed by atoms with van der Waals surface area (Å²) in [6, 6.07) is 5.94. The van der Waals surface area contributed by atoms with Crippen LogP contribution >= 0.6 is 0 Å². The van der Waals surface area contributed by atoms with E-state index in [0.717, 1.165) is 55.9 Å². The summed E-state index contributed by atoms with van der Waals surface area (Å²) in [6.07, 6.45) is -2.54. The SMILES string of the molecule is Cc1c([C@@H](C)NC2=NC3=NCCN3c3cnc(N4CCNCC4)cc32)cccc1C(F)(F)F. The summed E-state index contributed by atoms with van der Waals surface area (Å²) in [5, 5.41) is 6.71. The summed E-state index contributed by atoms with van der Waals surface area (Å²) < 4.78 is 40.3. The van der Waals surface area contributed by atoms with E-state index in [4.69, 9.17) is 9.98 Å². The molecular formula is C23H26F3N7. The average molecular weight is 458 g/mol. The van der Waals surface area contributed by atoms with E-state index in [1.807, 2.05) is 24.1 Å². The van der Waals surface area contributed by atoms with Crippen LogP contribution in [0.1, 0.15) is 35.2 Å². The van der Waals surface area contributed by atoms with Crippen molar-refractivity contribution in [2.24, 2.45) is 9.98 Å². The molecule has 1 atom stereocenters. The Balaban J connectivity index is 1.50. The van der Waals surface area contributed by atoms with Crippen molar-refractivity contribution >= 4 is 23.3 Å². The number of amidine groups is 1. The maximum Gasteiger partial charge on any atom is 0.416 e. The number of rotatable bonds is 3. The zero-order valence-corrected chi connectivity index (χ0v) is 18.6. The third kappa shape index (κ3) is 4.03. The third-order valence-electron chi connectivity index (χ3n) is 6.39. The maximum atomic E-state index is 13.4. The summed E-state index contributed by atoms with van der Waals surface area (Å²) in [6.45, 7) is 8.26. The van der Waals surface area contributed by atoms with Crippen LogP contribution in [0.2, 0.25) is 0 Å². The fourth-order valence-electron chi connectivity index (χ4n) is 4.65. The number of hydrogen-bond acceptors (Lipinski definition) is 7. The maximum absolute atomic E-state index is 13.4. The second kappa shape index (κ2) is 8.33. The zero-order chi connectivity index (χ0) is 23.2. The molecule has 2 aromatic rings. The van der Waals surface area contributed by atoms with Crippen molar-refractivity contribution in [2.45, 2.75) is 26.1 Å². The van der Waals surface area contributed by atoms with Crippen LogP contribution in [0.15, 0.2) is 40.4 Å². The number of hydrogen-bond donors (Lipinski definition) is 2. The van der Waals surface area contributed by atoms with E-state index in [1.165, 1.54) is 13.0 Å². The quantitative estimate of drug-likeness (QED) is 0.742. The lowest BCUT2D eigenvalue weighted by molar-refractivity contribution is -0.138. The summed E-state index contributed by atoms with van der Waals surface area (Å²) >= 11 is 0. The predicted octanol–water partition coefficient (Wildman–Crippen LogP) is 3.11. The molecule has 1 fully saturated rings. The molecule has 0 aliphatic carbocycles. The normalized spacial score (nSPS) is 18.9. The first-order chi connectivity index (χ1) is 15.8. The number of piperazine rings is 1. The number of nitrogens with zero attached hydrogens (tertiary/aromatic N) is 5. The molecule has 0 saturated carbocycles. The van der Waals surface area contributed by atoms with Crippen molar-refractivity contribution in [3.63, 3.8) is 0 Å². The molecule has 4 heterocycles. The van der Waals surface area contributed by atoms with Gasteiger partial charge in [-0.2, -0.15) is 18.2 Å². The Kier molecular flexibility index (Phi) is 5.48. The Morgan fingerprint density at radius 3 is 2.70 bits per heavy atom. The van der Waals surface area contributed by atoms with Crippen molar-refractivity contribution in [3.05, 3.63) is 52.7 Å². The molecule has 5 rings (SSSR count). The number of guanidine groups is 1. The van der Waals surface area contributed by atoms with Crippen molar-refractivity contribution in [1.82, 2.24) is 15.6 Å². The number of alkyl halides is 3. The van der Waals surface area contributed by atoms with Crippen LogP contribution in [-0.2, 0) is 6.18 Å². The second-order valence-electron chi connectivity index (χ2n) is 8.47. The molecule has 2 N–H and O–H groups in total. The molecule has 7 nitrogen and oxygen atoms in total. The highest BCUT2D eigenvalue weighted by molar-refractivity contribution is 6.18. The monoisotopic (exact) mass is 457 g/mol. The largest absolute Gasteiger partial charge is 0.416 e. The van der Waals surface area contributed by atoms with E-state index in [2.05, 4.69) is 20.5 Å². The molecule has 0 amide bonds. The molecule has 1 aromatic heterocycles. The van der Waals surface area contributed by atoms with Gasteiger partial charge in [0.25, 0.3) is 0 Å².